The third kappa shape index (κ3) is 3.74. The fourth-order valence-corrected chi connectivity index (χ4v) is 2.10. The first kappa shape index (κ1) is 15.2. The van der Waals surface area contributed by atoms with E-state index >= 15 is 0 Å². The Balaban J connectivity index is 1.66. The van der Waals surface area contributed by atoms with Gasteiger partial charge in [-0.15, -0.1) is 0 Å². The molecule has 0 saturated heterocycles. The molecule has 0 aromatic carbocycles. The molecule has 0 spiro atoms. The molecule has 0 radical (unpaired) electrons. The van der Waals surface area contributed by atoms with E-state index in [1.807, 2.05) is 6.92 Å². The Morgan fingerprint density at radius 1 is 1.30 bits per heavy atom. The Bertz CT molecular complexity index is 704. The van der Waals surface area contributed by atoms with E-state index in [4.69, 9.17) is 0 Å². The summed E-state index contributed by atoms with van der Waals surface area (Å²) >= 11 is 0. The van der Waals surface area contributed by atoms with Gasteiger partial charge in [0.05, 0.1) is 11.9 Å². The molecule has 0 unspecified atom stereocenters. The Kier molecular flexibility index (Phi) is 4.36. The highest BCUT2D eigenvalue weighted by molar-refractivity contribution is 5.94. The normalized spacial score (nSPS) is 13.6. The van der Waals surface area contributed by atoms with Crippen LogP contribution in [-0.4, -0.2) is 32.9 Å². The smallest absolute Gasteiger partial charge is 0.271 e. The molecule has 2 heterocycles. The van der Waals surface area contributed by atoms with Crippen LogP contribution >= 0.6 is 0 Å². The molecule has 0 bridgehead atoms. The number of carbonyl (C=O) groups excluding carboxylic acids is 2. The number of nitrogens with one attached hydrogen (secondary N) is 2. The Hall–Kier alpha value is -2.70. The SMILES string of the molecule is CCCNC(=O)c1cn(-c2ccc(NC(=O)C3CC3)cn2)cn1. The molecular weight excluding hydrogens is 294 g/mol. The molecule has 1 aliphatic carbocycles. The molecule has 2 aromatic heterocycles. The van der Waals surface area contributed by atoms with Gasteiger partial charge in [0.2, 0.25) is 5.91 Å². The fourth-order valence-electron chi connectivity index (χ4n) is 2.10. The zero-order valence-corrected chi connectivity index (χ0v) is 13.0. The maximum absolute atomic E-state index is 11.8. The van der Waals surface area contributed by atoms with Crippen molar-refractivity contribution in [2.24, 2.45) is 5.92 Å². The molecule has 1 fully saturated rings. The van der Waals surface area contributed by atoms with Crippen LogP contribution in [0.4, 0.5) is 5.69 Å². The maximum Gasteiger partial charge on any atom is 0.271 e. The van der Waals surface area contributed by atoms with E-state index in [0.717, 1.165) is 19.3 Å². The molecule has 2 aromatic rings. The van der Waals surface area contributed by atoms with Gasteiger partial charge >= 0.3 is 0 Å². The van der Waals surface area contributed by atoms with Crippen LogP contribution in [0.2, 0.25) is 0 Å². The van der Waals surface area contributed by atoms with E-state index in [2.05, 4.69) is 20.6 Å². The molecule has 1 saturated carbocycles. The lowest BCUT2D eigenvalue weighted by molar-refractivity contribution is -0.117. The van der Waals surface area contributed by atoms with Gasteiger partial charge in [-0.2, -0.15) is 0 Å². The van der Waals surface area contributed by atoms with E-state index in [9.17, 15) is 9.59 Å². The Morgan fingerprint density at radius 3 is 2.78 bits per heavy atom. The second-order valence-electron chi connectivity index (χ2n) is 5.59. The maximum atomic E-state index is 11.8. The van der Waals surface area contributed by atoms with Crippen LogP contribution in [0.1, 0.15) is 36.7 Å². The number of hydrogen-bond acceptors (Lipinski definition) is 4. The summed E-state index contributed by atoms with van der Waals surface area (Å²) in [4.78, 5) is 31.9. The van der Waals surface area contributed by atoms with Crippen molar-refractivity contribution in [3.05, 3.63) is 36.5 Å². The predicted octanol–water partition coefficient (Wildman–Crippen LogP) is 1.76. The first-order valence-electron chi connectivity index (χ1n) is 7.77. The number of amides is 2. The highest BCUT2D eigenvalue weighted by Crippen LogP contribution is 2.30. The van der Waals surface area contributed by atoms with Crippen molar-refractivity contribution in [2.75, 3.05) is 11.9 Å². The fraction of sp³-hybridized carbons (Fsp3) is 0.375. The number of imidazole rings is 1. The van der Waals surface area contributed by atoms with E-state index in [-0.39, 0.29) is 17.7 Å². The summed E-state index contributed by atoms with van der Waals surface area (Å²) in [6.45, 7) is 2.62. The number of rotatable bonds is 6. The lowest BCUT2D eigenvalue weighted by Gasteiger charge is -2.05. The van der Waals surface area contributed by atoms with Crippen LogP contribution in [0.3, 0.4) is 0 Å². The summed E-state index contributed by atoms with van der Waals surface area (Å²) in [5.41, 5.74) is 1.03. The molecule has 0 atom stereocenters. The van der Waals surface area contributed by atoms with Crippen LogP contribution in [-0.2, 0) is 4.79 Å². The van der Waals surface area contributed by atoms with Crippen molar-refractivity contribution >= 4 is 17.5 Å². The summed E-state index contributed by atoms with van der Waals surface area (Å²) in [6, 6.07) is 3.57. The zero-order valence-electron chi connectivity index (χ0n) is 13.0. The Labute approximate surface area is 134 Å². The van der Waals surface area contributed by atoms with Crippen molar-refractivity contribution < 1.29 is 9.59 Å². The monoisotopic (exact) mass is 313 g/mol. The Morgan fingerprint density at radius 2 is 2.13 bits per heavy atom. The van der Waals surface area contributed by atoms with Gasteiger partial charge in [0.15, 0.2) is 0 Å². The first-order chi connectivity index (χ1) is 11.2. The highest BCUT2D eigenvalue weighted by Gasteiger charge is 2.29. The van der Waals surface area contributed by atoms with Crippen LogP contribution in [0.25, 0.3) is 5.82 Å². The molecule has 1 aliphatic rings. The minimum absolute atomic E-state index is 0.0528. The molecule has 0 aliphatic heterocycles. The van der Waals surface area contributed by atoms with Crippen molar-refractivity contribution in [3.63, 3.8) is 0 Å². The number of aromatic nitrogens is 3. The summed E-state index contributed by atoms with van der Waals surface area (Å²) < 4.78 is 1.67. The van der Waals surface area contributed by atoms with Gasteiger partial charge < -0.3 is 10.6 Å². The third-order valence-corrected chi connectivity index (χ3v) is 3.58. The molecule has 23 heavy (non-hydrogen) atoms. The average molecular weight is 313 g/mol. The molecule has 3 rings (SSSR count). The number of carbonyl (C=O) groups is 2. The number of pyridine rings is 1. The van der Waals surface area contributed by atoms with Crippen molar-refractivity contribution in [2.45, 2.75) is 26.2 Å². The quantitative estimate of drug-likeness (QED) is 0.850. The minimum atomic E-state index is -0.195. The van der Waals surface area contributed by atoms with Crippen LogP contribution < -0.4 is 10.6 Å². The minimum Gasteiger partial charge on any atom is -0.351 e. The van der Waals surface area contributed by atoms with Gasteiger partial charge in [0.1, 0.15) is 17.8 Å². The average Bonchev–Trinajstić information content (AvgIpc) is 3.31. The lowest BCUT2D eigenvalue weighted by atomic mass is 10.3. The zero-order chi connectivity index (χ0) is 16.2. The highest BCUT2D eigenvalue weighted by atomic mass is 16.2. The third-order valence-electron chi connectivity index (χ3n) is 3.58. The number of hydrogen-bond donors (Lipinski definition) is 2. The van der Waals surface area contributed by atoms with Gasteiger partial charge in [-0.25, -0.2) is 9.97 Å². The van der Waals surface area contributed by atoms with Crippen molar-refractivity contribution in [1.29, 1.82) is 0 Å². The van der Waals surface area contributed by atoms with E-state index < -0.39 is 0 Å². The van der Waals surface area contributed by atoms with E-state index in [1.165, 1.54) is 0 Å². The van der Waals surface area contributed by atoms with Crippen LogP contribution in [0.5, 0.6) is 0 Å². The van der Waals surface area contributed by atoms with Gasteiger partial charge in [-0.3, -0.25) is 14.2 Å². The second kappa shape index (κ2) is 6.60. The number of anilines is 1. The number of nitrogens with zero attached hydrogens (tertiary/aromatic N) is 3. The molecular formula is C16H19N5O2. The van der Waals surface area contributed by atoms with Gasteiger partial charge in [-0.1, -0.05) is 6.92 Å². The predicted molar refractivity (Wildman–Crippen MR) is 85.3 cm³/mol. The van der Waals surface area contributed by atoms with Gasteiger partial charge in [0.25, 0.3) is 5.91 Å². The van der Waals surface area contributed by atoms with Crippen molar-refractivity contribution in [1.82, 2.24) is 19.9 Å². The molecule has 120 valence electrons. The van der Waals surface area contributed by atoms with Crippen LogP contribution in [0, 0.1) is 5.92 Å². The van der Waals surface area contributed by atoms with E-state index in [1.54, 1.807) is 35.4 Å². The van der Waals surface area contributed by atoms with Gasteiger partial charge in [0, 0.05) is 18.7 Å². The van der Waals surface area contributed by atoms with Gasteiger partial charge in [-0.05, 0) is 31.4 Å². The summed E-state index contributed by atoms with van der Waals surface area (Å²) in [5.74, 6) is 0.653. The molecule has 2 amide bonds. The summed E-state index contributed by atoms with van der Waals surface area (Å²) in [6.07, 6.45) is 7.60. The summed E-state index contributed by atoms with van der Waals surface area (Å²) in [5, 5.41) is 5.62. The largest absolute Gasteiger partial charge is 0.351 e. The first-order valence-corrected chi connectivity index (χ1v) is 7.77. The van der Waals surface area contributed by atoms with Crippen LogP contribution in [0.15, 0.2) is 30.9 Å². The molecule has 7 nitrogen and oxygen atoms in total. The lowest BCUT2D eigenvalue weighted by Crippen LogP contribution is -2.24. The van der Waals surface area contributed by atoms with E-state index in [0.29, 0.717) is 23.7 Å². The molecule has 2 N–H and O–H groups in total. The topological polar surface area (TPSA) is 88.9 Å². The standard InChI is InChI=1S/C16H19N5O2/c1-2-7-17-16(23)13-9-21(10-19-13)14-6-5-12(8-18-14)20-15(22)11-3-4-11/h5-6,8-11H,2-4,7H2,1H3,(H,17,23)(H,20,22). The summed E-state index contributed by atoms with van der Waals surface area (Å²) in [7, 11) is 0. The second-order valence-corrected chi connectivity index (χ2v) is 5.59. The molecule has 7 heteroatoms. The van der Waals surface area contributed by atoms with Crippen molar-refractivity contribution in [3.8, 4) is 5.82 Å².